The summed E-state index contributed by atoms with van der Waals surface area (Å²) in [7, 11) is 1.93. The molecule has 1 aliphatic rings. The van der Waals surface area contributed by atoms with Gasteiger partial charge in [0, 0.05) is 49.6 Å². The predicted octanol–water partition coefficient (Wildman–Crippen LogP) is 4.48. The number of nitrogens with zero attached hydrogens (tertiary/aromatic N) is 4. The van der Waals surface area contributed by atoms with Crippen LogP contribution in [-0.2, 0) is 26.6 Å². The Morgan fingerprint density at radius 1 is 1.09 bits per heavy atom. The van der Waals surface area contributed by atoms with E-state index in [1.54, 1.807) is 0 Å². The van der Waals surface area contributed by atoms with E-state index >= 15 is 0 Å². The van der Waals surface area contributed by atoms with Gasteiger partial charge in [-0.25, -0.2) is 9.78 Å². The fourth-order valence-corrected chi connectivity index (χ4v) is 4.42. The maximum absolute atomic E-state index is 12.5. The van der Waals surface area contributed by atoms with Gasteiger partial charge >= 0.3 is 6.03 Å². The van der Waals surface area contributed by atoms with Gasteiger partial charge in [0.15, 0.2) is 5.65 Å². The Balaban J connectivity index is 1.28. The molecule has 0 saturated heterocycles. The molecule has 0 fully saturated rings. The zero-order valence-corrected chi connectivity index (χ0v) is 18.3. The highest BCUT2D eigenvalue weighted by Gasteiger charge is 2.20. The normalized spacial score (nSPS) is 13.7. The Labute approximate surface area is 187 Å². The van der Waals surface area contributed by atoms with Crippen molar-refractivity contribution in [2.75, 3.05) is 17.2 Å². The fourth-order valence-electron chi connectivity index (χ4n) is 4.42. The van der Waals surface area contributed by atoms with Gasteiger partial charge < -0.3 is 10.6 Å². The van der Waals surface area contributed by atoms with E-state index in [9.17, 15) is 4.79 Å². The molecule has 0 bridgehead atoms. The third-order valence-electron chi connectivity index (χ3n) is 5.95. The zero-order valence-electron chi connectivity index (χ0n) is 18.3. The van der Waals surface area contributed by atoms with E-state index in [1.807, 2.05) is 67.3 Å². The lowest BCUT2D eigenvalue weighted by Crippen LogP contribution is -2.31. The van der Waals surface area contributed by atoms with Crippen LogP contribution in [-0.4, -0.2) is 32.2 Å². The van der Waals surface area contributed by atoms with E-state index in [0.717, 1.165) is 54.2 Å². The number of rotatable bonds is 4. The Morgan fingerprint density at radius 2 is 1.94 bits per heavy atom. The summed E-state index contributed by atoms with van der Waals surface area (Å²) in [5, 5.41) is 11.5. The van der Waals surface area contributed by atoms with Crippen molar-refractivity contribution in [3.8, 4) is 0 Å². The first-order valence-electron chi connectivity index (χ1n) is 10.8. The molecule has 1 aliphatic heterocycles. The molecule has 0 unspecified atom stereocenters. The van der Waals surface area contributed by atoms with Crippen LogP contribution in [0.15, 0.2) is 60.8 Å². The Hall–Kier alpha value is -3.71. The largest absolute Gasteiger partial charge is 0.323 e. The van der Waals surface area contributed by atoms with Crippen LogP contribution < -0.4 is 10.6 Å². The van der Waals surface area contributed by atoms with Crippen molar-refractivity contribution in [1.82, 2.24) is 19.7 Å². The Kier molecular flexibility index (Phi) is 5.33. The highest BCUT2D eigenvalue weighted by atomic mass is 16.2. The summed E-state index contributed by atoms with van der Waals surface area (Å²) >= 11 is 0. The van der Waals surface area contributed by atoms with Crippen molar-refractivity contribution in [3.05, 3.63) is 83.2 Å². The summed E-state index contributed by atoms with van der Waals surface area (Å²) in [6.07, 6.45) is 2.84. The molecule has 3 heterocycles. The number of nitrogens with one attached hydrogen (secondary N) is 2. The number of anilines is 2. The highest BCUT2D eigenvalue weighted by Crippen LogP contribution is 2.28. The molecule has 7 heteroatoms. The number of para-hydroxylation sites is 1. The smallest absolute Gasteiger partial charge is 0.308 e. The number of hydrogen-bond acceptors (Lipinski definition) is 4. The third-order valence-corrected chi connectivity index (χ3v) is 5.95. The Morgan fingerprint density at radius 3 is 2.78 bits per heavy atom. The number of pyridine rings is 1. The number of aryl methyl sites for hydroxylation is 2. The third kappa shape index (κ3) is 4.07. The van der Waals surface area contributed by atoms with Gasteiger partial charge in [-0.05, 0) is 54.3 Å². The van der Waals surface area contributed by atoms with Crippen LogP contribution in [0.5, 0.6) is 0 Å². The first kappa shape index (κ1) is 20.2. The lowest BCUT2D eigenvalue weighted by Gasteiger charge is -2.30. The number of carbonyl (C=O) groups is 1. The maximum atomic E-state index is 12.5. The van der Waals surface area contributed by atoms with Crippen LogP contribution in [0.1, 0.15) is 22.4 Å². The zero-order chi connectivity index (χ0) is 22.1. The van der Waals surface area contributed by atoms with E-state index in [-0.39, 0.29) is 6.03 Å². The number of benzene rings is 2. The molecule has 0 atom stereocenters. The minimum Gasteiger partial charge on any atom is -0.308 e. The van der Waals surface area contributed by atoms with Crippen LogP contribution >= 0.6 is 0 Å². The van der Waals surface area contributed by atoms with E-state index in [0.29, 0.717) is 0 Å². The summed E-state index contributed by atoms with van der Waals surface area (Å²) in [6, 6.07) is 17.6. The monoisotopic (exact) mass is 426 g/mol. The van der Waals surface area contributed by atoms with Crippen molar-refractivity contribution < 1.29 is 4.79 Å². The van der Waals surface area contributed by atoms with E-state index in [2.05, 4.69) is 37.7 Å². The minimum atomic E-state index is -0.224. The average molecular weight is 427 g/mol. The van der Waals surface area contributed by atoms with Crippen LogP contribution in [0, 0.1) is 6.92 Å². The molecule has 2 aromatic heterocycles. The lowest BCUT2D eigenvalue weighted by atomic mass is 9.97. The summed E-state index contributed by atoms with van der Waals surface area (Å²) in [5.41, 5.74) is 7.22. The number of fused-ring (bicyclic) bond motifs is 2. The fraction of sp³-hybridized carbons (Fsp3) is 0.240. The standard InChI is InChI=1S/C25H26N6O/c1-17-22-13-18(14-26-24(22)30(2)29-17)15-31-12-11-21-19(16-31)7-6-10-23(21)28-25(32)27-20-8-4-3-5-9-20/h3-10,13-14H,11-12,15-16H2,1-2H3,(H2,27,28,32). The van der Waals surface area contributed by atoms with Gasteiger partial charge in [0.25, 0.3) is 0 Å². The van der Waals surface area contributed by atoms with Crippen LogP contribution in [0.2, 0.25) is 0 Å². The first-order chi connectivity index (χ1) is 15.6. The average Bonchev–Trinajstić information content (AvgIpc) is 3.07. The molecular formula is C25H26N6O. The number of aromatic nitrogens is 3. The van der Waals surface area contributed by atoms with Gasteiger partial charge in [-0.2, -0.15) is 5.10 Å². The summed E-state index contributed by atoms with van der Waals surface area (Å²) in [6.45, 7) is 4.63. The summed E-state index contributed by atoms with van der Waals surface area (Å²) < 4.78 is 1.83. The van der Waals surface area contributed by atoms with Crippen molar-refractivity contribution >= 4 is 28.4 Å². The van der Waals surface area contributed by atoms with E-state index in [4.69, 9.17) is 0 Å². The van der Waals surface area contributed by atoms with Gasteiger partial charge in [0.05, 0.1) is 5.69 Å². The van der Waals surface area contributed by atoms with Crippen molar-refractivity contribution in [2.45, 2.75) is 26.4 Å². The SMILES string of the molecule is Cc1nn(C)c2ncc(CN3CCc4c(cccc4NC(=O)Nc4ccccc4)C3)cc12. The van der Waals surface area contributed by atoms with Crippen molar-refractivity contribution in [2.24, 2.45) is 7.05 Å². The molecule has 162 valence electrons. The number of carbonyl (C=O) groups excluding carboxylic acids is 1. The summed E-state index contributed by atoms with van der Waals surface area (Å²) in [5.74, 6) is 0. The molecular weight excluding hydrogens is 400 g/mol. The molecule has 4 aromatic rings. The second-order valence-electron chi connectivity index (χ2n) is 8.27. The molecule has 7 nitrogen and oxygen atoms in total. The quantitative estimate of drug-likeness (QED) is 0.505. The van der Waals surface area contributed by atoms with Gasteiger partial charge in [0.1, 0.15) is 0 Å². The molecule has 2 N–H and O–H groups in total. The molecule has 0 spiro atoms. The van der Waals surface area contributed by atoms with Gasteiger partial charge in [-0.1, -0.05) is 30.3 Å². The van der Waals surface area contributed by atoms with E-state index < -0.39 is 0 Å². The molecule has 0 saturated carbocycles. The van der Waals surface area contributed by atoms with Gasteiger partial charge in [-0.3, -0.25) is 9.58 Å². The molecule has 2 aromatic carbocycles. The van der Waals surface area contributed by atoms with E-state index in [1.165, 1.54) is 16.7 Å². The van der Waals surface area contributed by atoms with Gasteiger partial charge in [-0.15, -0.1) is 0 Å². The highest BCUT2D eigenvalue weighted by molar-refractivity contribution is 6.00. The van der Waals surface area contributed by atoms with Crippen LogP contribution in [0.4, 0.5) is 16.2 Å². The molecule has 0 radical (unpaired) electrons. The Bertz CT molecular complexity index is 1280. The topological polar surface area (TPSA) is 75.1 Å². The van der Waals surface area contributed by atoms with Crippen LogP contribution in [0.3, 0.4) is 0 Å². The summed E-state index contributed by atoms with van der Waals surface area (Å²) in [4.78, 5) is 19.5. The molecule has 32 heavy (non-hydrogen) atoms. The number of urea groups is 1. The van der Waals surface area contributed by atoms with Crippen molar-refractivity contribution in [1.29, 1.82) is 0 Å². The number of hydrogen-bond donors (Lipinski definition) is 2. The molecule has 0 aliphatic carbocycles. The maximum Gasteiger partial charge on any atom is 0.323 e. The predicted molar refractivity (Wildman–Crippen MR) is 127 cm³/mol. The minimum absolute atomic E-state index is 0.224. The second kappa shape index (κ2) is 8.43. The lowest BCUT2D eigenvalue weighted by molar-refractivity contribution is 0.245. The number of amides is 2. The van der Waals surface area contributed by atoms with Crippen molar-refractivity contribution in [3.63, 3.8) is 0 Å². The second-order valence-corrected chi connectivity index (χ2v) is 8.27. The van der Waals surface area contributed by atoms with Gasteiger partial charge in [0.2, 0.25) is 0 Å². The molecule has 5 rings (SSSR count). The first-order valence-corrected chi connectivity index (χ1v) is 10.8. The van der Waals surface area contributed by atoms with Crippen LogP contribution in [0.25, 0.3) is 11.0 Å². The molecule has 2 amide bonds.